The average molecular weight is 243 g/mol. The first-order chi connectivity index (χ1) is 7.63. The van der Waals surface area contributed by atoms with Crippen molar-refractivity contribution in [1.29, 1.82) is 0 Å². The molecule has 0 aliphatic carbocycles. The molecule has 84 valence electrons. The summed E-state index contributed by atoms with van der Waals surface area (Å²) in [6.45, 7) is 0. The fourth-order valence-corrected chi connectivity index (χ4v) is 1.46. The summed E-state index contributed by atoms with van der Waals surface area (Å²) in [4.78, 5) is 0. The van der Waals surface area contributed by atoms with Crippen LogP contribution in [-0.2, 0) is 0 Å². The van der Waals surface area contributed by atoms with Crippen LogP contribution < -0.4 is 10.5 Å². The standard InChI is InChI=1S/C10H8ClFN2O2/c1-15-7-3-2-5(4-6(7)12)9-8(11)10(13)14-16-9/h2-4H,1H3,(H2,13,14). The maximum atomic E-state index is 13.4. The van der Waals surface area contributed by atoms with E-state index >= 15 is 0 Å². The van der Waals surface area contributed by atoms with Gasteiger partial charge in [0.2, 0.25) is 0 Å². The Morgan fingerprint density at radius 2 is 2.25 bits per heavy atom. The van der Waals surface area contributed by atoms with Gasteiger partial charge in [-0.05, 0) is 18.2 Å². The van der Waals surface area contributed by atoms with Crippen molar-refractivity contribution in [2.24, 2.45) is 0 Å². The lowest BCUT2D eigenvalue weighted by atomic mass is 10.1. The topological polar surface area (TPSA) is 61.3 Å². The summed E-state index contributed by atoms with van der Waals surface area (Å²) < 4.78 is 23.1. The molecular formula is C10H8ClFN2O2. The third-order valence-corrected chi connectivity index (χ3v) is 2.44. The first-order valence-electron chi connectivity index (χ1n) is 4.38. The van der Waals surface area contributed by atoms with Gasteiger partial charge in [-0.2, -0.15) is 0 Å². The number of anilines is 1. The third kappa shape index (κ3) is 1.69. The van der Waals surface area contributed by atoms with Gasteiger partial charge in [-0.25, -0.2) is 4.39 Å². The molecule has 2 aromatic rings. The van der Waals surface area contributed by atoms with E-state index in [4.69, 9.17) is 26.6 Å². The smallest absolute Gasteiger partial charge is 0.187 e. The van der Waals surface area contributed by atoms with Crippen molar-refractivity contribution < 1.29 is 13.7 Å². The summed E-state index contributed by atoms with van der Waals surface area (Å²) in [5.74, 6) is -0.0491. The Morgan fingerprint density at radius 1 is 1.50 bits per heavy atom. The van der Waals surface area contributed by atoms with Gasteiger partial charge in [0.25, 0.3) is 0 Å². The number of methoxy groups -OCH3 is 1. The molecule has 6 heteroatoms. The Balaban J connectivity index is 2.49. The zero-order valence-electron chi connectivity index (χ0n) is 8.33. The fraction of sp³-hybridized carbons (Fsp3) is 0.100. The van der Waals surface area contributed by atoms with Gasteiger partial charge in [-0.1, -0.05) is 16.8 Å². The van der Waals surface area contributed by atoms with Crippen LogP contribution in [-0.4, -0.2) is 12.3 Å². The number of rotatable bonds is 2. The van der Waals surface area contributed by atoms with Crippen molar-refractivity contribution >= 4 is 17.4 Å². The molecule has 0 amide bonds. The van der Waals surface area contributed by atoms with E-state index in [0.29, 0.717) is 5.56 Å². The third-order valence-electron chi connectivity index (χ3n) is 2.07. The lowest BCUT2D eigenvalue weighted by molar-refractivity contribution is 0.386. The Kier molecular flexibility index (Phi) is 2.70. The highest BCUT2D eigenvalue weighted by Gasteiger charge is 2.15. The van der Waals surface area contributed by atoms with Gasteiger partial charge < -0.3 is 15.0 Å². The molecular weight excluding hydrogens is 235 g/mol. The van der Waals surface area contributed by atoms with Crippen LogP contribution in [0.3, 0.4) is 0 Å². The van der Waals surface area contributed by atoms with Crippen molar-refractivity contribution in [3.8, 4) is 17.1 Å². The van der Waals surface area contributed by atoms with Crippen LogP contribution in [0, 0.1) is 5.82 Å². The van der Waals surface area contributed by atoms with E-state index in [0.717, 1.165) is 0 Å². The SMILES string of the molecule is COc1ccc(-c2onc(N)c2Cl)cc1F. The van der Waals surface area contributed by atoms with E-state index in [2.05, 4.69) is 5.16 Å². The monoisotopic (exact) mass is 242 g/mol. The Labute approximate surface area is 95.7 Å². The molecule has 1 aromatic carbocycles. The maximum Gasteiger partial charge on any atom is 0.187 e. The lowest BCUT2D eigenvalue weighted by Gasteiger charge is -2.02. The average Bonchev–Trinajstić information content (AvgIpc) is 2.60. The molecule has 0 saturated carbocycles. The minimum atomic E-state index is -0.508. The van der Waals surface area contributed by atoms with E-state index in [9.17, 15) is 4.39 Å². The molecule has 0 aliphatic heterocycles. The number of nitrogens with zero attached hydrogens (tertiary/aromatic N) is 1. The maximum absolute atomic E-state index is 13.4. The number of halogens is 2. The van der Waals surface area contributed by atoms with E-state index < -0.39 is 5.82 Å². The molecule has 0 atom stereocenters. The number of nitrogens with two attached hydrogens (primary N) is 1. The number of ether oxygens (including phenoxy) is 1. The second-order valence-electron chi connectivity index (χ2n) is 3.06. The zero-order chi connectivity index (χ0) is 11.7. The van der Waals surface area contributed by atoms with Gasteiger partial charge >= 0.3 is 0 Å². The summed E-state index contributed by atoms with van der Waals surface area (Å²) in [7, 11) is 1.39. The molecule has 0 spiro atoms. The number of benzene rings is 1. The largest absolute Gasteiger partial charge is 0.494 e. The molecule has 0 aliphatic rings. The molecule has 1 aromatic heterocycles. The zero-order valence-corrected chi connectivity index (χ0v) is 9.08. The minimum Gasteiger partial charge on any atom is -0.494 e. The van der Waals surface area contributed by atoms with E-state index in [1.54, 1.807) is 6.07 Å². The first-order valence-corrected chi connectivity index (χ1v) is 4.76. The van der Waals surface area contributed by atoms with Crippen molar-refractivity contribution in [2.45, 2.75) is 0 Å². The normalized spacial score (nSPS) is 10.4. The van der Waals surface area contributed by atoms with E-state index in [-0.39, 0.29) is 22.4 Å². The van der Waals surface area contributed by atoms with Crippen LogP contribution in [0.25, 0.3) is 11.3 Å². The summed E-state index contributed by atoms with van der Waals surface area (Å²) in [5, 5.41) is 3.65. The molecule has 0 fully saturated rings. The highest BCUT2D eigenvalue weighted by Crippen LogP contribution is 2.33. The predicted octanol–water partition coefficient (Wildman–Crippen LogP) is 2.72. The van der Waals surface area contributed by atoms with Crippen molar-refractivity contribution in [3.05, 3.63) is 29.0 Å². The van der Waals surface area contributed by atoms with Crippen LogP contribution in [0.4, 0.5) is 10.2 Å². The van der Waals surface area contributed by atoms with Crippen molar-refractivity contribution in [2.75, 3.05) is 12.8 Å². The molecule has 0 saturated heterocycles. The molecule has 4 nitrogen and oxygen atoms in total. The minimum absolute atomic E-state index is 0.0768. The molecule has 0 unspecified atom stereocenters. The first kappa shape index (κ1) is 10.8. The van der Waals surface area contributed by atoms with Crippen LogP contribution in [0.1, 0.15) is 0 Å². The summed E-state index contributed by atoms with van der Waals surface area (Å²) in [6.07, 6.45) is 0. The van der Waals surface area contributed by atoms with Crippen LogP contribution in [0.5, 0.6) is 5.75 Å². The van der Waals surface area contributed by atoms with Crippen LogP contribution in [0.15, 0.2) is 22.7 Å². The van der Waals surface area contributed by atoms with Gasteiger partial charge in [0, 0.05) is 5.56 Å². The molecule has 2 rings (SSSR count). The number of aromatic nitrogens is 1. The van der Waals surface area contributed by atoms with Crippen molar-refractivity contribution in [3.63, 3.8) is 0 Å². The van der Waals surface area contributed by atoms with Gasteiger partial charge in [0.1, 0.15) is 5.02 Å². The Morgan fingerprint density at radius 3 is 2.75 bits per heavy atom. The molecule has 0 bridgehead atoms. The van der Waals surface area contributed by atoms with Gasteiger partial charge in [0.15, 0.2) is 23.1 Å². The second kappa shape index (κ2) is 4.02. The highest BCUT2D eigenvalue weighted by atomic mass is 35.5. The number of nitrogen functional groups attached to an aromatic ring is 1. The van der Waals surface area contributed by atoms with Gasteiger partial charge in [0.05, 0.1) is 7.11 Å². The van der Waals surface area contributed by atoms with E-state index in [1.807, 2.05) is 0 Å². The molecule has 2 N–H and O–H groups in total. The second-order valence-corrected chi connectivity index (χ2v) is 3.44. The Hall–Kier alpha value is -1.75. The quantitative estimate of drug-likeness (QED) is 0.880. The fourth-order valence-electron chi connectivity index (χ4n) is 1.28. The number of hydrogen-bond acceptors (Lipinski definition) is 4. The van der Waals surface area contributed by atoms with Crippen molar-refractivity contribution in [1.82, 2.24) is 5.16 Å². The van der Waals surface area contributed by atoms with Crippen LogP contribution >= 0.6 is 11.6 Å². The molecule has 1 heterocycles. The van der Waals surface area contributed by atoms with Crippen LogP contribution in [0.2, 0.25) is 5.02 Å². The summed E-state index contributed by atoms with van der Waals surface area (Å²) >= 11 is 5.83. The highest BCUT2D eigenvalue weighted by molar-refractivity contribution is 6.35. The molecule has 16 heavy (non-hydrogen) atoms. The van der Waals surface area contributed by atoms with Gasteiger partial charge in [-0.15, -0.1) is 0 Å². The summed E-state index contributed by atoms with van der Waals surface area (Å²) in [6, 6.07) is 4.32. The number of hydrogen-bond donors (Lipinski definition) is 1. The van der Waals surface area contributed by atoms with E-state index in [1.165, 1.54) is 19.2 Å². The predicted molar refractivity (Wildman–Crippen MR) is 57.9 cm³/mol. The Bertz CT molecular complexity index is 528. The lowest BCUT2D eigenvalue weighted by Crippen LogP contribution is -1.88. The summed E-state index contributed by atoms with van der Waals surface area (Å²) in [5.41, 5.74) is 5.87. The van der Waals surface area contributed by atoms with Gasteiger partial charge in [-0.3, -0.25) is 0 Å². The molecule has 0 radical (unpaired) electrons.